The zero-order valence-corrected chi connectivity index (χ0v) is 48.9. The summed E-state index contributed by atoms with van der Waals surface area (Å²) in [7, 11) is 0. The number of ether oxygens (including phenoxy) is 2. The van der Waals surface area contributed by atoms with Crippen LogP contribution in [0.2, 0.25) is 0 Å². The summed E-state index contributed by atoms with van der Waals surface area (Å²) in [6, 6.07) is 11.7. The highest BCUT2D eigenvalue weighted by atomic mass is 79.9. The number of carbonyl (C=O) groups is 14. The minimum atomic E-state index is -1.00. The molecule has 6 aliphatic heterocycles. The average molecular weight is 1240 g/mol. The lowest BCUT2D eigenvalue weighted by Crippen LogP contribution is -2.54. The van der Waals surface area contributed by atoms with Gasteiger partial charge in [-0.1, -0.05) is 34.1 Å². The molecule has 3 unspecified atom stereocenters. The Morgan fingerprint density at radius 1 is 0.543 bits per heavy atom. The maximum atomic E-state index is 13.0. The predicted octanol–water partition coefficient (Wildman–Crippen LogP) is 4.50. The molecule has 0 aliphatic carbocycles. The van der Waals surface area contributed by atoms with Gasteiger partial charge in [0, 0.05) is 50.9 Å². The highest BCUT2D eigenvalue weighted by Gasteiger charge is 2.48. The maximum absolute atomic E-state index is 13.0. The molecule has 5 N–H and O–H groups in total. The molecule has 3 aromatic rings. The van der Waals surface area contributed by atoms with Crippen LogP contribution in [-0.4, -0.2) is 144 Å². The van der Waals surface area contributed by atoms with Crippen LogP contribution in [0.5, 0.6) is 0 Å². The first-order valence-corrected chi connectivity index (χ1v) is 28.8. The molecule has 27 heteroatoms. The number of piperidine rings is 3. The topological polar surface area (TPSA) is 329 Å². The Labute approximate surface area is 487 Å². The number of nitrogens with zero attached hydrogens (tertiary/aromatic N) is 3. The molecule has 6 aliphatic rings. The number of esters is 2. The van der Waals surface area contributed by atoms with Gasteiger partial charge in [0.05, 0.1) is 46.2 Å². The van der Waals surface area contributed by atoms with Gasteiger partial charge in [-0.3, -0.25) is 97.8 Å². The molecule has 0 bridgehead atoms. The third-order valence-electron chi connectivity index (χ3n) is 12.2. The number of nitrogens with one attached hydrogen (secondary N) is 3. The third-order valence-corrected chi connectivity index (χ3v) is 14.9. The summed E-state index contributed by atoms with van der Waals surface area (Å²) >= 11 is 9.87. The number of fused-ring (bicyclic) bond motifs is 3. The fourth-order valence-electron chi connectivity index (χ4n) is 8.90. The molecule has 0 saturated carbocycles. The molecular weight excluding hydrogens is 1180 g/mol. The molecule has 0 spiro atoms. The van der Waals surface area contributed by atoms with Gasteiger partial charge in [-0.05, 0) is 97.2 Å². The van der Waals surface area contributed by atoms with Crippen molar-refractivity contribution in [1.82, 2.24) is 30.7 Å². The number of thioether (sulfide) groups is 2. The van der Waals surface area contributed by atoms with E-state index in [1.165, 1.54) is 29.6 Å². The minimum absolute atomic E-state index is 0.0707. The average Bonchev–Trinajstić information content (AvgIpc) is 4.06. The van der Waals surface area contributed by atoms with Gasteiger partial charge in [-0.2, -0.15) is 0 Å². The summed E-state index contributed by atoms with van der Waals surface area (Å²) in [6.45, 7) is 10.9. The van der Waals surface area contributed by atoms with Crippen molar-refractivity contribution in [3.05, 3.63) is 88.0 Å². The van der Waals surface area contributed by atoms with Crippen LogP contribution in [0.1, 0.15) is 155 Å². The van der Waals surface area contributed by atoms with Crippen molar-refractivity contribution >= 4 is 135 Å². The summed E-state index contributed by atoms with van der Waals surface area (Å²) in [5.74, 6) is -6.08. The molecule has 3 aromatic carbocycles. The third kappa shape index (κ3) is 15.1. The Kier molecular flexibility index (Phi) is 20.8. The lowest BCUT2D eigenvalue weighted by Gasteiger charge is -2.27. The molecule has 0 radical (unpaired) electrons. The zero-order chi connectivity index (χ0) is 59.8. The number of amides is 12. The molecule has 3 fully saturated rings. The number of alkyl halides is 1. The van der Waals surface area contributed by atoms with Gasteiger partial charge in [-0.25, -0.2) is 0 Å². The van der Waals surface area contributed by atoms with Crippen LogP contribution in [0.3, 0.4) is 0 Å². The lowest BCUT2D eigenvalue weighted by molar-refractivity contribution is -0.155. The highest BCUT2D eigenvalue weighted by Crippen LogP contribution is 2.37. The Balaban J connectivity index is 0.000000183. The van der Waals surface area contributed by atoms with E-state index in [1.807, 2.05) is 20.8 Å². The zero-order valence-electron chi connectivity index (χ0n) is 44.8. The SMILES string of the molecule is CC(C)(C)OC(=O)CCBr.CC(C)(C)OC(=O)CCSc1cccc2c1C(=O)N(C1CCC(=O)NC1=O)C2=O.NCSc1cccc2c1C(=O)N(C1CCC(=O)NC1=O)C2=O.O=C1CCC(N2C(=O)c3cccc(S)c3C2=O)C(=O)N1. The molecule has 6 heterocycles. The molecule has 9 rings (SSSR count). The summed E-state index contributed by atoms with van der Waals surface area (Å²) < 4.78 is 10.3. The van der Waals surface area contributed by atoms with E-state index in [0.717, 1.165) is 14.7 Å². The number of hydrogen-bond donors (Lipinski definition) is 5. The van der Waals surface area contributed by atoms with Crippen molar-refractivity contribution in [2.24, 2.45) is 5.73 Å². The second kappa shape index (κ2) is 26.7. The Bertz CT molecular complexity index is 3160. The van der Waals surface area contributed by atoms with Crippen molar-refractivity contribution in [3.63, 3.8) is 0 Å². The quantitative estimate of drug-likeness (QED) is 0.0441. The number of hydrogen-bond acceptors (Lipinski definition) is 20. The van der Waals surface area contributed by atoms with E-state index in [2.05, 4.69) is 44.5 Å². The summed E-state index contributed by atoms with van der Waals surface area (Å²) in [6.07, 6.45) is 1.29. The van der Waals surface area contributed by atoms with E-state index in [4.69, 9.17) is 15.2 Å². The summed E-state index contributed by atoms with van der Waals surface area (Å²) in [5.41, 5.74) is 6.05. The van der Waals surface area contributed by atoms with E-state index in [9.17, 15) is 67.1 Å². The van der Waals surface area contributed by atoms with Gasteiger partial charge in [0.25, 0.3) is 35.4 Å². The van der Waals surface area contributed by atoms with E-state index in [-0.39, 0.29) is 102 Å². The van der Waals surface area contributed by atoms with Crippen LogP contribution in [0.25, 0.3) is 0 Å². The van der Waals surface area contributed by atoms with Crippen LogP contribution in [-0.2, 0) is 47.8 Å². The predicted molar refractivity (Wildman–Crippen MR) is 297 cm³/mol. The van der Waals surface area contributed by atoms with Gasteiger partial charge in [0.2, 0.25) is 35.4 Å². The first kappa shape index (κ1) is 63.1. The second-order valence-corrected chi connectivity index (χ2v) is 23.9. The van der Waals surface area contributed by atoms with Gasteiger partial charge >= 0.3 is 11.9 Å². The Morgan fingerprint density at radius 2 is 0.889 bits per heavy atom. The minimum Gasteiger partial charge on any atom is -0.460 e. The molecular formula is C54H58BrN7O16S3. The van der Waals surface area contributed by atoms with Crippen molar-refractivity contribution < 1.29 is 76.6 Å². The molecule has 0 aromatic heterocycles. The van der Waals surface area contributed by atoms with Gasteiger partial charge in [0.15, 0.2) is 0 Å². The standard InChI is InChI=1S/C20H22N2O6S.C14H13N3O4S.C13H10N2O4S.C7H13BrO2/c1-20(2,3)28-15(24)9-10-29-13-6-4-5-11-16(13)19(27)22(18(11)26)12-7-8-14(23)21-17(12)25;15-6-22-9-3-1-2-7-11(9)14(21)17(13(7)20)8-4-5-10(18)16-12(8)19;16-9-5-4-7(11(17)14-9)15-12(18)6-2-1-3-8(20)10(6)13(15)19;1-7(2,3)10-6(9)4-5-8/h4-6,12H,7-10H2,1-3H3,(H,21,23,25);1-3,8H,4-6,15H2,(H,16,18,19);1-3,7,20H,4-5H2,(H,14,16,17);4-5H2,1-3H3. The Morgan fingerprint density at radius 3 is 1.23 bits per heavy atom. The van der Waals surface area contributed by atoms with E-state index < -0.39 is 94.6 Å². The van der Waals surface area contributed by atoms with Crippen molar-refractivity contribution in [2.75, 3.05) is 17.0 Å². The van der Waals surface area contributed by atoms with Crippen molar-refractivity contribution in [1.29, 1.82) is 0 Å². The van der Waals surface area contributed by atoms with Crippen molar-refractivity contribution in [3.8, 4) is 0 Å². The van der Waals surface area contributed by atoms with Crippen LogP contribution in [0.4, 0.5) is 0 Å². The number of nitrogens with two attached hydrogens (primary N) is 1. The van der Waals surface area contributed by atoms with Gasteiger partial charge in [0.1, 0.15) is 29.3 Å². The lowest BCUT2D eigenvalue weighted by atomic mass is 10.0. The number of benzene rings is 3. The van der Waals surface area contributed by atoms with Gasteiger partial charge in [-0.15, -0.1) is 36.2 Å². The fraction of sp³-hybridized carbons (Fsp3) is 0.407. The van der Waals surface area contributed by atoms with Crippen LogP contribution >= 0.6 is 52.1 Å². The smallest absolute Gasteiger partial charge is 0.307 e. The first-order valence-electron chi connectivity index (χ1n) is 25.3. The molecule has 430 valence electrons. The van der Waals surface area contributed by atoms with Crippen LogP contribution in [0, 0.1) is 0 Å². The number of halogens is 1. The molecule has 81 heavy (non-hydrogen) atoms. The number of rotatable bonds is 11. The number of carbonyl (C=O) groups excluding carboxylic acids is 14. The summed E-state index contributed by atoms with van der Waals surface area (Å²) in [5, 5.41) is 7.15. The molecule has 3 saturated heterocycles. The number of imide groups is 6. The normalized spacial score (nSPS) is 19.5. The van der Waals surface area contributed by atoms with Gasteiger partial charge < -0.3 is 15.2 Å². The van der Waals surface area contributed by atoms with Crippen molar-refractivity contribution in [2.45, 2.75) is 137 Å². The Hall–Kier alpha value is -7.07. The van der Waals surface area contributed by atoms with Crippen LogP contribution in [0.15, 0.2) is 69.3 Å². The maximum Gasteiger partial charge on any atom is 0.307 e. The first-order chi connectivity index (χ1) is 38.1. The second-order valence-electron chi connectivity index (χ2n) is 20.4. The van der Waals surface area contributed by atoms with E-state index in [0.29, 0.717) is 32.2 Å². The van der Waals surface area contributed by atoms with E-state index >= 15 is 0 Å². The monoisotopic (exact) mass is 1240 g/mol. The fourth-order valence-corrected chi connectivity index (χ4v) is 11.2. The molecule has 23 nitrogen and oxygen atoms in total. The molecule has 12 amide bonds. The van der Waals surface area contributed by atoms with E-state index in [1.54, 1.807) is 69.3 Å². The van der Waals surface area contributed by atoms with Crippen LogP contribution < -0.4 is 21.7 Å². The summed E-state index contributed by atoms with van der Waals surface area (Å²) in [4.78, 5) is 172. The largest absolute Gasteiger partial charge is 0.460 e. The highest BCUT2D eigenvalue weighted by molar-refractivity contribution is 9.09. The molecule has 3 atom stereocenters. The number of thiol groups is 1.